The summed E-state index contributed by atoms with van der Waals surface area (Å²) in [7, 11) is 0. The Kier molecular flexibility index (Phi) is 3.22. The first-order chi connectivity index (χ1) is 9.54. The van der Waals surface area contributed by atoms with Gasteiger partial charge in [0.1, 0.15) is 5.82 Å². The highest BCUT2D eigenvalue weighted by Gasteiger charge is 2.15. The molecule has 0 fully saturated rings. The Labute approximate surface area is 123 Å². The predicted octanol–water partition coefficient (Wildman–Crippen LogP) is 3.79. The van der Waals surface area contributed by atoms with E-state index < -0.39 is 0 Å². The van der Waals surface area contributed by atoms with Crippen LogP contribution in [0.3, 0.4) is 0 Å². The Morgan fingerprint density at radius 3 is 2.60 bits per heavy atom. The molecule has 0 radical (unpaired) electrons. The van der Waals surface area contributed by atoms with Gasteiger partial charge in [-0.1, -0.05) is 34.1 Å². The van der Waals surface area contributed by atoms with Gasteiger partial charge < -0.3 is 9.97 Å². The maximum Gasteiger partial charge on any atom is 0.323 e. The van der Waals surface area contributed by atoms with Crippen LogP contribution in [0.15, 0.2) is 41.2 Å². The van der Waals surface area contributed by atoms with Crippen molar-refractivity contribution < 1.29 is 4.39 Å². The minimum atomic E-state index is -0.258. The summed E-state index contributed by atoms with van der Waals surface area (Å²) in [4.78, 5) is 16.4. The Morgan fingerprint density at radius 1 is 1.10 bits per heavy atom. The molecule has 2 aromatic carbocycles. The first-order valence-electron chi connectivity index (χ1n) is 6.16. The highest BCUT2D eigenvalue weighted by Crippen LogP contribution is 2.33. The second kappa shape index (κ2) is 4.90. The van der Waals surface area contributed by atoms with Crippen molar-refractivity contribution >= 4 is 27.0 Å². The molecule has 1 unspecified atom stereocenters. The fraction of sp³-hybridized carbons (Fsp3) is 0.133. The monoisotopic (exact) mass is 334 g/mol. The molecule has 2 N–H and O–H groups in total. The van der Waals surface area contributed by atoms with Gasteiger partial charge in [-0.2, -0.15) is 0 Å². The molecule has 0 aliphatic carbocycles. The molecule has 0 saturated heterocycles. The number of hydrogen-bond acceptors (Lipinski definition) is 1. The zero-order valence-electron chi connectivity index (χ0n) is 10.7. The van der Waals surface area contributed by atoms with Crippen molar-refractivity contribution in [1.82, 2.24) is 9.97 Å². The van der Waals surface area contributed by atoms with Crippen LogP contribution in [0.1, 0.15) is 21.5 Å². The average molecular weight is 335 g/mol. The lowest BCUT2D eigenvalue weighted by atomic mass is 10.0. The van der Waals surface area contributed by atoms with Gasteiger partial charge in [0.15, 0.2) is 0 Å². The van der Waals surface area contributed by atoms with Gasteiger partial charge in [0.2, 0.25) is 0 Å². The van der Waals surface area contributed by atoms with E-state index >= 15 is 0 Å². The first-order valence-corrected chi connectivity index (χ1v) is 7.08. The summed E-state index contributed by atoms with van der Waals surface area (Å²) < 4.78 is 14.0. The minimum absolute atomic E-state index is 0.241. The topological polar surface area (TPSA) is 48.6 Å². The summed E-state index contributed by atoms with van der Waals surface area (Å²) in [5.74, 6) is -0.241. The molecular weight excluding hydrogens is 323 g/mol. The molecule has 3 rings (SSSR count). The number of rotatable bonds is 2. The third-order valence-corrected chi connectivity index (χ3v) is 4.28. The molecule has 0 saturated carbocycles. The summed E-state index contributed by atoms with van der Waals surface area (Å²) >= 11 is 3.52. The van der Waals surface area contributed by atoms with Crippen molar-refractivity contribution in [2.45, 2.75) is 11.8 Å². The number of aromatic nitrogens is 2. The molecule has 0 spiro atoms. The third-order valence-electron chi connectivity index (χ3n) is 3.26. The molecule has 3 aromatic rings. The van der Waals surface area contributed by atoms with E-state index in [1.165, 1.54) is 6.07 Å². The van der Waals surface area contributed by atoms with Gasteiger partial charge in [0.05, 0.1) is 15.9 Å². The van der Waals surface area contributed by atoms with E-state index in [4.69, 9.17) is 0 Å². The number of aromatic amines is 2. The molecule has 1 aromatic heterocycles. The van der Waals surface area contributed by atoms with E-state index in [0.717, 1.165) is 16.6 Å². The molecule has 1 heterocycles. The van der Waals surface area contributed by atoms with E-state index in [9.17, 15) is 9.18 Å². The van der Waals surface area contributed by atoms with Gasteiger partial charge in [-0.05, 0) is 36.2 Å². The molecular formula is C15H12BrFN2O. The smallest absolute Gasteiger partial charge is 0.306 e. The van der Waals surface area contributed by atoms with Gasteiger partial charge in [-0.25, -0.2) is 9.18 Å². The summed E-state index contributed by atoms with van der Waals surface area (Å²) in [6.45, 7) is 1.85. The summed E-state index contributed by atoms with van der Waals surface area (Å²) in [5, 5.41) is 0. The Bertz CT molecular complexity index is 837. The van der Waals surface area contributed by atoms with Crippen molar-refractivity contribution in [1.29, 1.82) is 0 Å². The standard InChI is InChI=1S/C15H12BrFN2O/c1-8-2-4-10(11(17)6-8)14(16)9-3-5-12-13(7-9)19-15(20)18-12/h2-7,14H,1H3,(H2,18,19,20). The Hall–Kier alpha value is -1.88. The first kappa shape index (κ1) is 13.1. The summed E-state index contributed by atoms with van der Waals surface area (Å²) in [6, 6.07) is 10.7. The molecule has 0 bridgehead atoms. The zero-order valence-corrected chi connectivity index (χ0v) is 12.3. The number of alkyl halides is 1. The maximum atomic E-state index is 14.0. The summed E-state index contributed by atoms with van der Waals surface area (Å²) in [5.41, 5.74) is 3.55. The highest BCUT2D eigenvalue weighted by molar-refractivity contribution is 9.09. The summed E-state index contributed by atoms with van der Waals surface area (Å²) in [6.07, 6.45) is 0. The lowest BCUT2D eigenvalue weighted by Crippen LogP contribution is -1.99. The van der Waals surface area contributed by atoms with E-state index in [1.54, 1.807) is 6.07 Å². The molecule has 1 atom stereocenters. The largest absolute Gasteiger partial charge is 0.323 e. The van der Waals surface area contributed by atoms with Crippen molar-refractivity contribution in [3.8, 4) is 0 Å². The normalized spacial score (nSPS) is 12.8. The number of fused-ring (bicyclic) bond motifs is 1. The van der Waals surface area contributed by atoms with Crippen LogP contribution in [0.5, 0.6) is 0 Å². The number of hydrogen-bond donors (Lipinski definition) is 2. The van der Waals surface area contributed by atoms with Crippen LogP contribution in [-0.4, -0.2) is 9.97 Å². The van der Waals surface area contributed by atoms with Crippen molar-refractivity contribution in [2.75, 3.05) is 0 Å². The number of H-pyrrole nitrogens is 2. The van der Waals surface area contributed by atoms with Gasteiger partial charge in [-0.3, -0.25) is 0 Å². The number of benzene rings is 2. The minimum Gasteiger partial charge on any atom is -0.306 e. The molecule has 20 heavy (non-hydrogen) atoms. The molecule has 0 amide bonds. The zero-order chi connectivity index (χ0) is 14.3. The number of halogens is 2. The van der Waals surface area contributed by atoms with Crippen LogP contribution in [0, 0.1) is 12.7 Å². The van der Waals surface area contributed by atoms with Gasteiger partial charge in [0.25, 0.3) is 0 Å². The Balaban J connectivity index is 2.06. The molecule has 5 heteroatoms. The van der Waals surface area contributed by atoms with E-state index in [0.29, 0.717) is 11.1 Å². The second-order valence-electron chi connectivity index (χ2n) is 4.77. The second-order valence-corrected chi connectivity index (χ2v) is 5.69. The molecule has 0 aliphatic rings. The number of imidazole rings is 1. The lowest BCUT2D eigenvalue weighted by Gasteiger charge is -2.12. The Morgan fingerprint density at radius 2 is 1.85 bits per heavy atom. The van der Waals surface area contributed by atoms with Crippen LogP contribution in [0.4, 0.5) is 4.39 Å². The van der Waals surface area contributed by atoms with Crippen LogP contribution in [0.2, 0.25) is 0 Å². The number of nitrogens with one attached hydrogen (secondary N) is 2. The molecule has 3 nitrogen and oxygen atoms in total. The lowest BCUT2D eigenvalue weighted by molar-refractivity contribution is 0.612. The van der Waals surface area contributed by atoms with Crippen LogP contribution in [0.25, 0.3) is 11.0 Å². The van der Waals surface area contributed by atoms with Crippen molar-refractivity contribution in [2.24, 2.45) is 0 Å². The van der Waals surface area contributed by atoms with Crippen molar-refractivity contribution in [3.63, 3.8) is 0 Å². The van der Waals surface area contributed by atoms with E-state index in [-0.39, 0.29) is 16.3 Å². The molecule has 0 aliphatic heterocycles. The van der Waals surface area contributed by atoms with Crippen LogP contribution in [-0.2, 0) is 0 Å². The van der Waals surface area contributed by atoms with Crippen LogP contribution < -0.4 is 5.69 Å². The SMILES string of the molecule is Cc1ccc(C(Br)c2ccc3[nH]c(=O)[nH]c3c2)c(F)c1. The average Bonchev–Trinajstić information content (AvgIpc) is 2.77. The van der Waals surface area contributed by atoms with Gasteiger partial charge >= 0.3 is 5.69 Å². The predicted molar refractivity (Wildman–Crippen MR) is 80.8 cm³/mol. The highest BCUT2D eigenvalue weighted by atomic mass is 79.9. The maximum absolute atomic E-state index is 14.0. The fourth-order valence-corrected chi connectivity index (χ4v) is 2.88. The molecule has 102 valence electrons. The van der Waals surface area contributed by atoms with Crippen molar-refractivity contribution in [3.05, 3.63) is 69.4 Å². The van der Waals surface area contributed by atoms with Crippen LogP contribution >= 0.6 is 15.9 Å². The van der Waals surface area contributed by atoms with Gasteiger partial charge in [-0.15, -0.1) is 0 Å². The van der Waals surface area contributed by atoms with E-state index in [2.05, 4.69) is 25.9 Å². The van der Waals surface area contributed by atoms with Gasteiger partial charge in [0, 0.05) is 5.56 Å². The third kappa shape index (κ3) is 2.29. The number of aryl methyl sites for hydroxylation is 1. The fourth-order valence-electron chi connectivity index (χ4n) is 2.23. The quantitative estimate of drug-likeness (QED) is 0.688. The van der Waals surface area contributed by atoms with E-state index in [1.807, 2.05) is 31.2 Å².